The number of nitrogens with one attached hydrogen (secondary N) is 1. The van der Waals surface area contributed by atoms with Crippen molar-refractivity contribution in [3.63, 3.8) is 0 Å². The van der Waals surface area contributed by atoms with Gasteiger partial charge in [0.2, 0.25) is 0 Å². The lowest BCUT2D eigenvalue weighted by Crippen LogP contribution is -1.92. The Kier molecular flexibility index (Phi) is 7.34. The summed E-state index contributed by atoms with van der Waals surface area (Å²) >= 11 is 0. The predicted octanol–water partition coefficient (Wildman–Crippen LogP) is 5.58. The molecule has 0 saturated heterocycles. The minimum Gasteiger partial charge on any atom is -0.309 e. The van der Waals surface area contributed by atoms with E-state index in [-0.39, 0.29) is 0 Å². The molecular formula is C19H25N. The van der Waals surface area contributed by atoms with Crippen molar-refractivity contribution in [3.8, 4) is 0 Å². The molecule has 1 aliphatic carbocycles. The monoisotopic (exact) mass is 267 g/mol. The fourth-order valence-electron chi connectivity index (χ4n) is 2.21. The van der Waals surface area contributed by atoms with Crippen LogP contribution in [-0.2, 0) is 6.42 Å². The lowest BCUT2D eigenvalue weighted by molar-refractivity contribution is 0.967. The van der Waals surface area contributed by atoms with Crippen molar-refractivity contribution < 1.29 is 0 Å². The maximum absolute atomic E-state index is 6.93. The molecule has 0 spiro atoms. The summed E-state index contributed by atoms with van der Waals surface area (Å²) in [6.45, 7) is 6.22. The van der Waals surface area contributed by atoms with E-state index in [1.54, 1.807) is 6.08 Å². The molecule has 0 amide bonds. The lowest BCUT2D eigenvalue weighted by Gasteiger charge is -2.13. The van der Waals surface area contributed by atoms with Crippen molar-refractivity contribution in [3.05, 3.63) is 65.3 Å². The molecule has 1 N–H and O–H groups in total. The van der Waals surface area contributed by atoms with Crippen LogP contribution in [0.15, 0.2) is 54.1 Å². The third-order valence-electron chi connectivity index (χ3n) is 3.28. The van der Waals surface area contributed by atoms with Crippen LogP contribution in [0, 0.1) is 5.41 Å². The molecule has 0 heterocycles. The van der Waals surface area contributed by atoms with Gasteiger partial charge in [-0.3, -0.25) is 0 Å². The van der Waals surface area contributed by atoms with Gasteiger partial charge in [-0.15, -0.1) is 0 Å². The molecule has 1 aromatic carbocycles. The first kappa shape index (κ1) is 16.2. The van der Waals surface area contributed by atoms with Gasteiger partial charge in [0.15, 0.2) is 0 Å². The average Bonchev–Trinajstić information content (AvgIpc) is 2.51. The molecule has 0 radical (unpaired) electrons. The Labute approximate surface area is 123 Å². The summed E-state index contributed by atoms with van der Waals surface area (Å²) in [4.78, 5) is 0. The molecule has 1 heteroatoms. The molecule has 0 aromatic heterocycles. The van der Waals surface area contributed by atoms with Crippen molar-refractivity contribution in [1.82, 2.24) is 0 Å². The van der Waals surface area contributed by atoms with Gasteiger partial charge in [0.05, 0.1) is 0 Å². The topological polar surface area (TPSA) is 23.9 Å². The van der Waals surface area contributed by atoms with Gasteiger partial charge in [-0.25, -0.2) is 0 Å². The molecule has 0 saturated carbocycles. The molecular weight excluding hydrogens is 242 g/mol. The predicted molar refractivity (Wildman–Crippen MR) is 90.4 cm³/mol. The average molecular weight is 267 g/mol. The normalized spacial score (nSPS) is 14.2. The zero-order chi connectivity index (χ0) is 14.8. The van der Waals surface area contributed by atoms with Gasteiger partial charge in [-0.2, -0.15) is 0 Å². The highest BCUT2D eigenvalue weighted by Crippen LogP contribution is 2.27. The zero-order valence-corrected chi connectivity index (χ0v) is 12.8. The minimum absolute atomic E-state index is 0.892. The van der Waals surface area contributed by atoms with E-state index in [1.165, 1.54) is 41.3 Å². The Morgan fingerprint density at radius 2 is 1.85 bits per heavy atom. The Morgan fingerprint density at radius 3 is 2.45 bits per heavy atom. The van der Waals surface area contributed by atoms with Crippen LogP contribution in [0.3, 0.4) is 0 Å². The SMILES string of the molecule is CC.CC1=C(c2ccc(C/C=C\C=N)cc2)C=CCC1. The van der Waals surface area contributed by atoms with Crippen molar-refractivity contribution in [2.45, 2.75) is 40.0 Å². The summed E-state index contributed by atoms with van der Waals surface area (Å²) < 4.78 is 0. The fourth-order valence-corrected chi connectivity index (χ4v) is 2.21. The molecule has 1 aromatic rings. The molecule has 2 rings (SSSR count). The number of hydrogen-bond donors (Lipinski definition) is 1. The van der Waals surface area contributed by atoms with Crippen LogP contribution in [0.2, 0.25) is 0 Å². The zero-order valence-electron chi connectivity index (χ0n) is 12.8. The van der Waals surface area contributed by atoms with Crippen molar-refractivity contribution in [2.24, 2.45) is 0 Å². The van der Waals surface area contributed by atoms with Crippen LogP contribution in [0.5, 0.6) is 0 Å². The van der Waals surface area contributed by atoms with Crippen LogP contribution in [0.25, 0.3) is 5.57 Å². The molecule has 0 bridgehead atoms. The van der Waals surface area contributed by atoms with Crippen LogP contribution < -0.4 is 0 Å². The molecule has 0 atom stereocenters. The second kappa shape index (κ2) is 9.08. The smallest absolute Gasteiger partial charge is 0.0174 e. The van der Waals surface area contributed by atoms with Crippen molar-refractivity contribution in [1.29, 1.82) is 5.41 Å². The number of hydrogen-bond acceptors (Lipinski definition) is 1. The first-order valence-corrected chi connectivity index (χ1v) is 7.42. The Bertz CT molecular complexity index is 501. The minimum atomic E-state index is 0.892. The maximum atomic E-state index is 6.93. The summed E-state index contributed by atoms with van der Waals surface area (Å²) in [7, 11) is 0. The van der Waals surface area contributed by atoms with Crippen LogP contribution in [0.4, 0.5) is 0 Å². The van der Waals surface area contributed by atoms with Crippen LogP contribution in [-0.4, -0.2) is 6.21 Å². The first-order chi connectivity index (χ1) is 9.81. The summed E-state index contributed by atoms with van der Waals surface area (Å²) in [5.41, 5.74) is 5.45. The van der Waals surface area contributed by atoms with Gasteiger partial charge in [0.1, 0.15) is 0 Å². The highest BCUT2D eigenvalue weighted by molar-refractivity contribution is 5.77. The highest BCUT2D eigenvalue weighted by atomic mass is 14.3. The standard InChI is InChI=1S/C17H19N.C2H6/c1-14-6-2-3-8-17(14)16-11-9-15(10-12-16)7-4-5-13-18;1-2/h3-5,8-13,18H,2,6-7H2,1H3;1-2H3/b5-4-,18-13?;. The molecule has 20 heavy (non-hydrogen) atoms. The van der Waals surface area contributed by atoms with Gasteiger partial charge in [0.25, 0.3) is 0 Å². The van der Waals surface area contributed by atoms with E-state index in [2.05, 4.69) is 43.3 Å². The third-order valence-corrected chi connectivity index (χ3v) is 3.28. The molecule has 1 aliphatic rings. The Hall–Kier alpha value is -1.89. The van der Waals surface area contributed by atoms with E-state index in [1.807, 2.05) is 19.9 Å². The van der Waals surface area contributed by atoms with Crippen LogP contribution in [0.1, 0.15) is 44.7 Å². The van der Waals surface area contributed by atoms with Gasteiger partial charge in [0, 0.05) is 6.21 Å². The van der Waals surface area contributed by atoms with E-state index in [0.29, 0.717) is 0 Å². The molecule has 1 nitrogen and oxygen atoms in total. The fraction of sp³-hybridized carbons (Fsp3) is 0.316. The van der Waals surface area contributed by atoms with E-state index in [0.717, 1.165) is 6.42 Å². The second-order valence-corrected chi connectivity index (χ2v) is 4.63. The Balaban J connectivity index is 0.000000956. The van der Waals surface area contributed by atoms with Gasteiger partial charge >= 0.3 is 0 Å². The van der Waals surface area contributed by atoms with E-state index in [4.69, 9.17) is 5.41 Å². The maximum Gasteiger partial charge on any atom is 0.0174 e. The van der Waals surface area contributed by atoms with Crippen LogP contribution >= 0.6 is 0 Å². The lowest BCUT2D eigenvalue weighted by atomic mass is 9.93. The van der Waals surface area contributed by atoms with Crippen molar-refractivity contribution in [2.75, 3.05) is 0 Å². The quantitative estimate of drug-likeness (QED) is 0.688. The summed E-state index contributed by atoms with van der Waals surface area (Å²) in [6, 6.07) is 8.74. The number of allylic oxidation sites excluding steroid dienone is 6. The summed E-state index contributed by atoms with van der Waals surface area (Å²) in [5.74, 6) is 0. The Morgan fingerprint density at radius 1 is 1.15 bits per heavy atom. The molecule has 106 valence electrons. The second-order valence-electron chi connectivity index (χ2n) is 4.63. The summed E-state index contributed by atoms with van der Waals surface area (Å²) in [5, 5.41) is 6.93. The first-order valence-electron chi connectivity index (χ1n) is 7.42. The number of benzene rings is 1. The van der Waals surface area contributed by atoms with Gasteiger partial charge in [-0.1, -0.05) is 61.9 Å². The molecule has 0 fully saturated rings. The van der Waals surface area contributed by atoms with Gasteiger partial charge < -0.3 is 5.41 Å². The molecule has 0 aliphatic heterocycles. The molecule has 0 unspecified atom stereocenters. The summed E-state index contributed by atoms with van der Waals surface area (Å²) in [6.07, 6.45) is 12.8. The third kappa shape index (κ3) is 4.65. The van der Waals surface area contributed by atoms with Gasteiger partial charge in [-0.05, 0) is 49.0 Å². The van der Waals surface area contributed by atoms with E-state index in [9.17, 15) is 0 Å². The van der Waals surface area contributed by atoms with Crippen molar-refractivity contribution >= 4 is 11.8 Å². The number of rotatable bonds is 4. The largest absolute Gasteiger partial charge is 0.309 e. The highest BCUT2D eigenvalue weighted by Gasteiger charge is 2.06. The van der Waals surface area contributed by atoms with E-state index < -0.39 is 0 Å². The van der Waals surface area contributed by atoms with E-state index >= 15 is 0 Å².